The summed E-state index contributed by atoms with van der Waals surface area (Å²) in [5, 5.41) is 13.4. The van der Waals surface area contributed by atoms with Gasteiger partial charge in [0.1, 0.15) is 0 Å². The number of aliphatic hydroxyl groups is 1. The van der Waals surface area contributed by atoms with Crippen molar-refractivity contribution < 1.29 is 19.1 Å². The second kappa shape index (κ2) is 7.82. The summed E-state index contributed by atoms with van der Waals surface area (Å²) in [4.78, 5) is 14.6. The zero-order valence-electron chi connectivity index (χ0n) is 14.4. The molecule has 0 spiro atoms. The van der Waals surface area contributed by atoms with Crippen LogP contribution in [0.1, 0.15) is 17.5 Å². The first-order valence-electron chi connectivity index (χ1n) is 8.49. The van der Waals surface area contributed by atoms with E-state index < -0.39 is 5.60 Å². The number of β-amino-alcohol motifs (C(OH)–C–C–N with tert-alkyl or cyclic N) is 1. The summed E-state index contributed by atoms with van der Waals surface area (Å²) in [6.45, 7) is 5.30. The highest BCUT2D eigenvalue weighted by molar-refractivity contribution is 5.98. The van der Waals surface area contributed by atoms with Crippen LogP contribution >= 0.6 is 0 Å². The van der Waals surface area contributed by atoms with Crippen LogP contribution in [0.4, 0.5) is 0 Å². The third-order valence-electron chi connectivity index (χ3n) is 4.25. The molecule has 2 heterocycles. The van der Waals surface area contributed by atoms with E-state index in [4.69, 9.17) is 9.15 Å². The van der Waals surface area contributed by atoms with Gasteiger partial charge in [0.2, 0.25) is 0 Å². The minimum absolute atomic E-state index is 0.151. The Hall–Kier alpha value is -2.15. The van der Waals surface area contributed by atoms with Crippen molar-refractivity contribution in [2.75, 3.05) is 39.4 Å². The number of hydrogen-bond acceptors (Lipinski definition) is 5. The number of nitrogens with zero attached hydrogens (tertiary/aromatic N) is 1. The van der Waals surface area contributed by atoms with Gasteiger partial charge in [-0.05, 0) is 18.6 Å². The maximum absolute atomic E-state index is 12.5. The Morgan fingerprint density at radius 2 is 1.96 bits per heavy atom. The highest BCUT2D eigenvalue weighted by Crippen LogP contribution is 2.24. The topological polar surface area (TPSA) is 74.9 Å². The molecule has 1 aliphatic heterocycles. The van der Waals surface area contributed by atoms with Gasteiger partial charge in [-0.2, -0.15) is 0 Å². The third-order valence-corrected chi connectivity index (χ3v) is 4.25. The molecule has 1 aliphatic rings. The Balaban J connectivity index is 1.60. The minimum atomic E-state index is -1.02. The molecule has 1 aromatic heterocycles. The smallest absolute Gasteiger partial charge is 0.287 e. The Bertz CT molecular complexity index is 690. The summed E-state index contributed by atoms with van der Waals surface area (Å²) in [6, 6.07) is 11.4. The number of carbonyl (C=O) groups excluding carboxylic acids is 1. The molecule has 25 heavy (non-hydrogen) atoms. The molecule has 1 amide bonds. The molecule has 0 saturated carbocycles. The fourth-order valence-corrected chi connectivity index (χ4v) is 2.98. The van der Waals surface area contributed by atoms with Crippen molar-refractivity contribution in [3.63, 3.8) is 0 Å². The van der Waals surface area contributed by atoms with Gasteiger partial charge in [-0.1, -0.05) is 30.3 Å². The van der Waals surface area contributed by atoms with Gasteiger partial charge in [-0.3, -0.25) is 9.69 Å². The third kappa shape index (κ3) is 4.69. The number of rotatable bonds is 6. The van der Waals surface area contributed by atoms with Crippen LogP contribution in [0.5, 0.6) is 0 Å². The van der Waals surface area contributed by atoms with Crippen LogP contribution in [-0.4, -0.2) is 60.9 Å². The average molecular weight is 344 g/mol. The minimum Gasteiger partial charge on any atom is -0.459 e. The van der Waals surface area contributed by atoms with E-state index in [-0.39, 0.29) is 18.2 Å². The van der Waals surface area contributed by atoms with E-state index in [0.29, 0.717) is 19.8 Å². The molecule has 1 fully saturated rings. The number of morpholine rings is 1. The second-order valence-electron chi connectivity index (χ2n) is 6.60. The van der Waals surface area contributed by atoms with Gasteiger partial charge in [-0.15, -0.1) is 0 Å². The number of amides is 1. The molecule has 6 heteroatoms. The zero-order chi connectivity index (χ0) is 17.7. The number of benzene rings is 1. The molecule has 0 bridgehead atoms. The number of ether oxygens (including phenoxy) is 1. The number of furan rings is 1. The lowest BCUT2D eigenvalue weighted by atomic mass is 10.0. The summed E-state index contributed by atoms with van der Waals surface area (Å²) < 4.78 is 10.7. The fraction of sp³-hybridized carbons (Fsp3) is 0.421. The van der Waals surface area contributed by atoms with Gasteiger partial charge < -0.3 is 19.6 Å². The average Bonchev–Trinajstić information content (AvgIpc) is 3.11. The normalized spacial score (nSPS) is 17.8. The van der Waals surface area contributed by atoms with E-state index in [2.05, 4.69) is 10.2 Å². The molecule has 1 unspecified atom stereocenters. The van der Waals surface area contributed by atoms with Crippen LogP contribution in [0.3, 0.4) is 0 Å². The number of hydrogen-bond donors (Lipinski definition) is 2. The predicted octanol–water partition coefficient (Wildman–Crippen LogP) is 1.76. The van der Waals surface area contributed by atoms with E-state index in [9.17, 15) is 9.90 Å². The van der Waals surface area contributed by atoms with Gasteiger partial charge in [0.25, 0.3) is 5.91 Å². The van der Waals surface area contributed by atoms with Gasteiger partial charge in [0.15, 0.2) is 5.76 Å². The van der Waals surface area contributed by atoms with Gasteiger partial charge in [-0.25, -0.2) is 0 Å². The summed E-state index contributed by atoms with van der Waals surface area (Å²) in [5.41, 5.74) is 0.638. The highest BCUT2D eigenvalue weighted by atomic mass is 16.5. The number of carbonyl (C=O) groups is 1. The van der Waals surface area contributed by atoms with E-state index in [1.807, 2.05) is 30.3 Å². The molecule has 134 valence electrons. The monoisotopic (exact) mass is 344 g/mol. The molecule has 1 aromatic carbocycles. The molecule has 0 aliphatic carbocycles. The summed E-state index contributed by atoms with van der Waals surface area (Å²) in [7, 11) is 0. The quantitative estimate of drug-likeness (QED) is 0.835. The van der Waals surface area contributed by atoms with E-state index in [1.54, 1.807) is 13.0 Å². The lowest BCUT2D eigenvalue weighted by Crippen LogP contribution is -2.51. The van der Waals surface area contributed by atoms with E-state index in [1.165, 1.54) is 6.26 Å². The van der Waals surface area contributed by atoms with Crippen molar-refractivity contribution in [2.45, 2.75) is 12.5 Å². The van der Waals surface area contributed by atoms with Crippen molar-refractivity contribution in [2.24, 2.45) is 0 Å². The Morgan fingerprint density at radius 1 is 1.24 bits per heavy atom. The first kappa shape index (κ1) is 17.7. The maximum atomic E-state index is 12.5. The largest absolute Gasteiger partial charge is 0.459 e. The molecular weight excluding hydrogens is 320 g/mol. The van der Waals surface area contributed by atoms with Crippen LogP contribution in [0.15, 0.2) is 47.1 Å². The molecule has 2 aromatic rings. The Kier molecular flexibility index (Phi) is 5.53. The van der Waals surface area contributed by atoms with Crippen LogP contribution in [0.2, 0.25) is 0 Å². The van der Waals surface area contributed by atoms with Crippen molar-refractivity contribution in [1.29, 1.82) is 0 Å². The lowest BCUT2D eigenvalue weighted by molar-refractivity contribution is -0.0213. The number of nitrogens with one attached hydrogen (secondary N) is 1. The van der Waals surface area contributed by atoms with Crippen molar-refractivity contribution in [3.05, 3.63) is 48.4 Å². The highest BCUT2D eigenvalue weighted by Gasteiger charge is 2.27. The van der Waals surface area contributed by atoms with Gasteiger partial charge in [0.05, 0.1) is 25.1 Å². The van der Waals surface area contributed by atoms with Crippen LogP contribution in [-0.2, 0) is 4.74 Å². The predicted molar refractivity (Wildman–Crippen MR) is 94.4 cm³/mol. The maximum Gasteiger partial charge on any atom is 0.287 e. The Morgan fingerprint density at radius 3 is 2.68 bits per heavy atom. The molecule has 6 nitrogen and oxygen atoms in total. The SMILES string of the molecule is CC(O)(CNC(=O)c1occc1-c1ccccc1)CN1CCOCC1. The van der Waals surface area contributed by atoms with Gasteiger partial charge in [0, 0.05) is 31.7 Å². The standard InChI is InChI=1S/C19H24N2O4/c1-19(23,14-21-8-11-24-12-9-21)13-20-18(22)17-16(7-10-25-17)15-5-3-2-4-6-15/h2-7,10,23H,8-9,11-14H2,1H3,(H,20,22). The van der Waals surface area contributed by atoms with Gasteiger partial charge >= 0.3 is 0 Å². The van der Waals surface area contributed by atoms with Crippen molar-refractivity contribution in [3.8, 4) is 11.1 Å². The molecule has 2 N–H and O–H groups in total. The molecule has 3 rings (SSSR count). The zero-order valence-corrected chi connectivity index (χ0v) is 14.4. The fourth-order valence-electron chi connectivity index (χ4n) is 2.98. The van der Waals surface area contributed by atoms with Crippen LogP contribution < -0.4 is 5.32 Å². The molecular formula is C19H24N2O4. The van der Waals surface area contributed by atoms with E-state index in [0.717, 1.165) is 24.2 Å². The molecule has 1 saturated heterocycles. The first-order valence-corrected chi connectivity index (χ1v) is 8.49. The summed E-state index contributed by atoms with van der Waals surface area (Å²) in [6.07, 6.45) is 1.50. The molecule has 1 atom stereocenters. The summed E-state index contributed by atoms with van der Waals surface area (Å²) >= 11 is 0. The van der Waals surface area contributed by atoms with Crippen molar-refractivity contribution >= 4 is 5.91 Å². The van der Waals surface area contributed by atoms with Crippen LogP contribution in [0, 0.1) is 0 Å². The molecule has 0 radical (unpaired) electrons. The van der Waals surface area contributed by atoms with Crippen LogP contribution in [0.25, 0.3) is 11.1 Å². The lowest BCUT2D eigenvalue weighted by Gasteiger charge is -2.33. The Labute approximate surface area is 147 Å². The van der Waals surface area contributed by atoms with Crippen molar-refractivity contribution in [1.82, 2.24) is 10.2 Å². The first-order chi connectivity index (χ1) is 12.1. The second-order valence-corrected chi connectivity index (χ2v) is 6.60. The van der Waals surface area contributed by atoms with E-state index >= 15 is 0 Å². The summed E-state index contributed by atoms with van der Waals surface area (Å²) in [5.74, 6) is -0.0699.